The molecule has 0 amide bonds. The minimum atomic E-state index is -0.580. The molecule has 90 valence electrons. The van der Waals surface area contributed by atoms with Crippen molar-refractivity contribution in [2.24, 2.45) is 5.41 Å². The molecule has 1 aromatic rings. The van der Waals surface area contributed by atoms with Crippen molar-refractivity contribution in [3.8, 4) is 6.07 Å². The van der Waals surface area contributed by atoms with Crippen molar-refractivity contribution >= 4 is 11.6 Å². The number of anilines is 1. The number of nitrogens with zero attached hydrogens (tertiary/aromatic N) is 2. The number of allylic oxidation sites excluding steroid dienone is 1. The zero-order chi connectivity index (χ0) is 13.1. The van der Waals surface area contributed by atoms with Crippen molar-refractivity contribution in [1.29, 1.82) is 5.26 Å². The number of nitriles is 1. The van der Waals surface area contributed by atoms with Gasteiger partial charge < -0.3 is 9.84 Å². The first-order valence-corrected chi connectivity index (χ1v) is 5.19. The van der Waals surface area contributed by atoms with Crippen LogP contribution in [0.25, 0.3) is 0 Å². The van der Waals surface area contributed by atoms with E-state index < -0.39 is 5.41 Å². The van der Waals surface area contributed by atoms with Gasteiger partial charge >= 0.3 is 0 Å². The molecule has 0 bridgehead atoms. The van der Waals surface area contributed by atoms with Crippen molar-refractivity contribution in [3.63, 3.8) is 0 Å². The SMILES string of the molecule is Cc1cc(NC=C(C#N)C(=O)C(C)(C)C)no1. The Kier molecular flexibility index (Phi) is 3.69. The smallest absolute Gasteiger partial charge is 0.180 e. The van der Waals surface area contributed by atoms with Gasteiger partial charge in [0.05, 0.1) is 0 Å². The maximum absolute atomic E-state index is 11.8. The van der Waals surface area contributed by atoms with Crippen LogP contribution >= 0.6 is 0 Å². The monoisotopic (exact) mass is 233 g/mol. The maximum atomic E-state index is 11.8. The summed E-state index contributed by atoms with van der Waals surface area (Å²) in [5.74, 6) is 0.909. The van der Waals surface area contributed by atoms with Crippen LogP contribution in [0.4, 0.5) is 5.82 Å². The number of carbonyl (C=O) groups excluding carboxylic acids is 1. The number of hydrogen-bond acceptors (Lipinski definition) is 5. The highest BCUT2D eigenvalue weighted by atomic mass is 16.5. The van der Waals surface area contributed by atoms with Gasteiger partial charge in [0.15, 0.2) is 11.6 Å². The Morgan fingerprint density at radius 3 is 2.65 bits per heavy atom. The van der Waals surface area contributed by atoms with E-state index in [1.165, 1.54) is 6.20 Å². The average molecular weight is 233 g/mol. The van der Waals surface area contributed by atoms with Gasteiger partial charge in [-0.25, -0.2) is 0 Å². The van der Waals surface area contributed by atoms with E-state index >= 15 is 0 Å². The molecule has 0 aliphatic rings. The van der Waals surface area contributed by atoms with E-state index in [-0.39, 0.29) is 11.4 Å². The molecule has 1 aromatic heterocycles. The first kappa shape index (κ1) is 13.0. The lowest BCUT2D eigenvalue weighted by atomic mass is 9.87. The second-order valence-electron chi connectivity index (χ2n) is 4.72. The predicted molar refractivity (Wildman–Crippen MR) is 63.0 cm³/mol. The van der Waals surface area contributed by atoms with E-state index in [1.807, 2.05) is 6.07 Å². The molecule has 0 aliphatic carbocycles. The van der Waals surface area contributed by atoms with E-state index in [1.54, 1.807) is 33.8 Å². The molecule has 0 spiro atoms. The number of ketones is 1. The Morgan fingerprint density at radius 2 is 2.24 bits per heavy atom. The molecule has 1 N–H and O–H groups in total. The highest BCUT2D eigenvalue weighted by molar-refractivity contribution is 6.02. The maximum Gasteiger partial charge on any atom is 0.180 e. The third-order valence-electron chi connectivity index (χ3n) is 2.04. The van der Waals surface area contributed by atoms with Crippen LogP contribution in [-0.4, -0.2) is 10.9 Å². The van der Waals surface area contributed by atoms with Crippen LogP contribution < -0.4 is 5.32 Å². The van der Waals surface area contributed by atoms with E-state index in [4.69, 9.17) is 9.78 Å². The molecule has 0 saturated carbocycles. The molecule has 5 nitrogen and oxygen atoms in total. The van der Waals surface area contributed by atoms with E-state index in [2.05, 4.69) is 10.5 Å². The van der Waals surface area contributed by atoms with Gasteiger partial charge in [-0.2, -0.15) is 5.26 Å². The second-order valence-corrected chi connectivity index (χ2v) is 4.72. The molecule has 0 saturated heterocycles. The number of rotatable bonds is 3. The standard InChI is InChI=1S/C12H15N3O2/c1-8-5-10(15-17-8)14-7-9(6-13)11(16)12(2,3)4/h5,7H,1-4H3,(H,14,15). The third-order valence-corrected chi connectivity index (χ3v) is 2.04. The molecule has 0 aromatic carbocycles. The highest BCUT2D eigenvalue weighted by Gasteiger charge is 2.24. The summed E-state index contributed by atoms with van der Waals surface area (Å²) in [5.41, 5.74) is -0.513. The van der Waals surface area contributed by atoms with Gasteiger partial charge in [0.1, 0.15) is 17.4 Å². The summed E-state index contributed by atoms with van der Waals surface area (Å²) in [6.07, 6.45) is 1.35. The van der Waals surface area contributed by atoms with Crippen molar-refractivity contribution in [2.75, 3.05) is 5.32 Å². The van der Waals surface area contributed by atoms with Gasteiger partial charge in [0, 0.05) is 17.7 Å². The Hall–Kier alpha value is -2.09. The summed E-state index contributed by atoms with van der Waals surface area (Å²) in [7, 11) is 0. The van der Waals surface area contributed by atoms with Gasteiger partial charge in [0.25, 0.3) is 0 Å². The summed E-state index contributed by atoms with van der Waals surface area (Å²) in [5, 5.41) is 15.4. The van der Waals surface area contributed by atoms with Gasteiger partial charge in [0.2, 0.25) is 0 Å². The normalized spacial score (nSPS) is 12.1. The topological polar surface area (TPSA) is 78.9 Å². The number of Topliss-reactive ketones (excluding diaryl/α,β-unsaturated/α-hetero) is 1. The number of carbonyl (C=O) groups is 1. The largest absolute Gasteiger partial charge is 0.360 e. The molecule has 0 fully saturated rings. The first-order valence-electron chi connectivity index (χ1n) is 5.19. The number of aromatic nitrogens is 1. The lowest BCUT2D eigenvalue weighted by Gasteiger charge is -2.15. The molecule has 0 atom stereocenters. The lowest BCUT2D eigenvalue weighted by molar-refractivity contribution is -0.122. The van der Waals surface area contributed by atoms with Crippen LogP contribution in [0.15, 0.2) is 22.4 Å². The molecular formula is C12H15N3O2. The van der Waals surface area contributed by atoms with Crippen LogP contribution in [0.1, 0.15) is 26.5 Å². The molecular weight excluding hydrogens is 218 g/mol. The van der Waals surface area contributed by atoms with Gasteiger partial charge in [-0.3, -0.25) is 4.79 Å². The Morgan fingerprint density at radius 1 is 1.59 bits per heavy atom. The predicted octanol–water partition coefficient (Wildman–Crippen LogP) is 2.42. The zero-order valence-corrected chi connectivity index (χ0v) is 10.4. The van der Waals surface area contributed by atoms with Crippen LogP contribution in [0.5, 0.6) is 0 Å². The number of nitrogens with one attached hydrogen (secondary N) is 1. The summed E-state index contributed by atoms with van der Waals surface area (Å²) >= 11 is 0. The highest BCUT2D eigenvalue weighted by Crippen LogP contribution is 2.19. The number of aryl methyl sites for hydroxylation is 1. The summed E-state index contributed by atoms with van der Waals surface area (Å²) in [6, 6.07) is 3.55. The fourth-order valence-corrected chi connectivity index (χ4v) is 1.13. The fourth-order valence-electron chi connectivity index (χ4n) is 1.13. The lowest BCUT2D eigenvalue weighted by Crippen LogP contribution is -2.22. The number of hydrogen-bond donors (Lipinski definition) is 1. The Balaban J connectivity index is 2.83. The van der Waals surface area contributed by atoms with Crippen LogP contribution in [0.3, 0.4) is 0 Å². The molecule has 17 heavy (non-hydrogen) atoms. The van der Waals surface area contributed by atoms with Crippen molar-refractivity contribution in [1.82, 2.24) is 5.16 Å². The molecule has 0 aliphatic heterocycles. The Labute approximate surface area is 100 Å². The van der Waals surface area contributed by atoms with E-state index in [0.29, 0.717) is 11.6 Å². The van der Waals surface area contributed by atoms with E-state index in [0.717, 1.165) is 0 Å². The third kappa shape index (κ3) is 3.45. The molecule has 1 rings (SSSR count). The van der Waals surface area contributed by atoms with Gasteiger partial charge in [-0.1, -0.05) is 25.9 Å². The zero-order valence-electron chi connectivity index (χ0n) is 10.4. The molecule has 0 unspecified atom stereocenters. The minimum absolute atomic E-state index is 0.0677. The van der Waals surface area contributed by atoms with Crippen LogP contribution in [0, 0.1) is 23.7 Å². The van der Waals surface area contributed by atoms with Crippen LogP contribution in [0.2, 0.25) is 0 Å². The molecule has 0 radical (unpaired) electrons. The van der Waals surface area contributed by atoms with E-state index in [9.17, 15) is 4.79 Å². The second kappa shape index (κ2) is 4.83. The fraction of sp³-hybridized carbons (Fsp3) is 0.417. The minimum Gasteiger partial charge on any atom is -0.360 e. The summed E-state index contributed by atoms with van der Waals surface area (Å²) < 4.78 is 4.85. The van der Waals surface area contributed by atoms with Crippen LogP contribution in [-0.2, 0) is 4.79 Å². The first-order chi connectivity index (χ1) is 7.84. The quantitative estimate of drug-likeness (QED) is 0.640. The van der Waals surface area contributed by atoms with Crippen molar-refractivity contribution in [2.45, 2.75) is 27.7 Å². The summed E-state index contributed by atoms with van der Waals surface area (Å²) in [6.45, 7) is 7.05. The molecule has 5 heteroatoms. The average Bonchev–Trinajstić information content (AvgIpc) is 2.63. The molecule has 1 heterocycles. The Bertz CT molecular complexity index is 487. The van der Waals surface area contributed by atoms with Gasteiger partial charge in [-0.05, 0) is 6.92 Å². The summed E-state index contributed by atoms with van der Waals surface area (Å²) in [4.78, 5) is 11.8. The van der Waals surface area contributed by atoms with Crippen molar-refractivity contribution < 1.29 is 9.32 Å². The van der Waals surface area contributed by atoms with Crippen molar-refractivity contribution in [3.05, 3.63) is 23.6 Å². The van der Waals surface area contributed by atoms with Gasteiger partial charge in [-0.15, -0.1) is 0 Å².